The van der Waals surface area contributed by atoms with Gasteiger partial charge in [-0.25, -0.2) is 0 Å². The van der Waals surface area contributed by atoms with Crippen LogP contribution in [0.4, 0.5) is 0 Å². The fraction of sp³-hybridized carbons (Fsp3) is 0.889. The Labute approximate surface area is 72.2 Å². The highest BCUT2D eigenvalue weighted by atomic mass is 16.3. The van der Waals surface area contributed by atoms with Crippen LogP contribution >= 0.6 is 0 Å². The minimum atomic E-state index is -0.223. The number of aliphatic hydroxyl groups is 1. The molecule has 0 aromatic carbocycles. The van der Waals surface area contributed by atoms with Gasteiger partial charge < -0.3 is 10.4 Å². The zero-order chi connectivity index (χ0) is 8.77. The lowest BCUT2D eigenvalue weighted by atomic mass is 10.2. The van der Waals surface area contributed by atoms with Gasteiger partial charge in [-0.2, -0.15) is 0 Å². The molecule has 12 heavy (non-hydrogen) atoms. The van der Waals surface area contributed by atoms with Gasteiger partial charge in [0.05, 0.1) is 12.1 Å². The number of hydrogen-bond donors (Lipinski definition) is 2. The second-order valence-electron chi connectivity index (χ2n) is 4.25. The molecule has 2 unspecified atom stereocenters. The number of hydrogen-bond acceptors (Lipinski definition) is 2. The number of carbonyl (C=O) groups is 1. The maximum absolute atomic E-state index is 11.4. The standard InChI is InChI=1S/C9H15NO2/c1-6-4-7(6)8(12)10-9(5-11)2-3-9/h6-7,11H,2-5H2,1H3,(H,10,12). The van der Waals surface area contributed by atoms with Crippen molar-refractivity contribution in [3.8, 4) is 0 Å². The van der Waals surface area contributed by atoms with E-state index in [0.717, 1.165) is 19.3 Å². The summed E-state index contributed by atoms with van der Waals surface area (Å²) in [5.74, 6) is 0.933. The van der Waals surface area contributed by atoms with Crippen LogP contribution in [0.3, 0.4) is 0 Å². The van der Waals surface area contributed by atoms with Crippen molar-refractivity contribution in [2.24, 2.45) is 11.8 Å². The van der Waals surface area contributed by atoms with E-state index in [1.165, 1.54) is 0 Å². The Bertz CT molecular complexity index is 211. The van der Waals surface area contributed by atoms with Crippen molar-refractivity contribution in [2.45, 2.75) is 31.7 Å². The fourth-order valence-electron chi connectivity index (χ4n) is 1.52. The molecule has 2 saturated carbocycles. The zero-order valence-electron chi connectivity index (χ0n) is 7.34. The molecule has 0 aromatic heterocycles. The van der Waals surface area contributed by atoms with Crippen LogP contribution in [0.5, 0.6) is 0 Å². The third-order valence-corrected chi connectivity index (χ3v) is 2.99. The molecular formula is C9H15NO2. The number of aliphatic hydroxyl groups excluding tert-OH is 1. The van der Waals surface area contributed by atoms with E-state index in [1.54, 1.807) is 0 Å². The molecule has 2 atom stereocenters. The van der Waals surface area contributed by atoms with Gasteiger partial charge in [-0.3, -0.25) is 4.79 Å². The molecule has 3 heteroatoms. The predicted molar refractivity (Wildman–Crippen MR) is 44.5 cm³/mol. The molecule has 2 aliphatic rings. The largest absolute Gasteiger partial charge is 0.394 e. The van der Waals surface area contributed by atoms with Crippen molar-refractivity contribution < 1.29 is 9.90 Å². The van der Waals surface area contributed by atoms with E-state index in [1.807, 2.05) is 0 Å². The van der Waals surface area contributed by atoms with Gasteiger partial charge in [0.1, 0.15) is 0 Å². The average molecular weight is 169 g/mol. The summed E-state index contributed by atoms with van der Waals surface area (Å²) in [5, 5.41) is 11.9. The van der Waals surface area contributed by atoms with Crippen LogP contribution in [0.2, 0.25) is 0 Å². The molecule has 2 rings (SSSR count). The molecule has 2 aliphatic carbocycles. The molecule has 0 radical (unpaired) electrons. The Kier molecular flexibility index (Phi) is 1.65. The van der Waals surface area contributed by atoms with E-state index in [2.05, 4.69) is 12.2 Å². The minimum Gasteiger partial charge on any atom is -0.394 e. The van der Waals surface area contributed by atoms with E-state index in [-0.39, 0.29) is 24.0 Å². The molecule has 0 aromatic rings. The van der Waals surface area contributed by atoms with Gasteiger partial charge in [0.2, 0.25) is 5.91 Å². The first-order valence-corrected chi connectivity index (χ1v) is 4.60. The smallest absolute Gasteiger partial charge is 0.223 e. The Morgan fingerprint density at radius 2 is 2.25 bits per heavy atom. The van der Waals surface area contributed by atoms with E-state index in [0.29, 0.717) is 5.92 Å². The van der Waals surface area contributed by atoms with Gasteiger partial charge >= 0.3 is 0 Å². The second kappa shape index (κ2) is 2.46. The summed E-state index contributed by atoms with van der Waals surface area (Å²) < 4.78 is 0. The molecule has 0 saturated heterocycles. The van der Waals surface area contributed by atoms with Crippen molar-refractivity contribution in [1.82, 2.24) is 5.32 Å². The van der Waals surface area contributed by atoms with Gasteiger partial charge in [0.25, 0.3) is 0 Å². The molecule has 3 nitrogen and oxygen atoms in total. The number of rotatable bonds is 3. The third-order valence-electron chi connectivity index (χ3n) is 2.99. The summed E-state index contributed by atoms with van der Waals surface area (Å²) in [5.41, 5.74) is -0.223. The SMILES string of the molecule is CC1CC1C(=O)NC1(CO)CC1. The first-order chi connectivity index (χ1) is 5.67. The molecule has 0 aliphatic heterocycles. The van der Waals surface area contributed by atoms with E-state index >= 15 is 0 Å². The highest BCUT2D eigenvalue weighted by molar-refractivity contribution is 5.82. The molecule has 0 spiro atoms. The minimum absolute atomic E-state index is 0.0971. The quantitative estimate of drug-likeness (QED) is 0.637. The lowest BCUT2D eigenvalue weighted by molar-refractivity contribution is -0.123. The van der Waals surface area contributed by atoms with Gasteiger partial charge in [0.15, 0.2) is 0 Å². The zero-order valence-corrected chi connectivity index (χ0v) is 7.34. The topological polar surface area (TPSA) is 49.3 Å². The van der Waals surface area contributed by atoms with Crippen molar-refractivity contribution in [3.63, 3.8) is 0 Å². The number of nitrogens with one attached hydrogen (secondary N) is 1. The summed E-state index contributed by atoms with van der Waals surface area (Å²) in [6, 6.07) is 0. The van der Waals surface area contributed by atoms with Crippen LogP contribution in [-0.4, -0.2) is 23.2 Å². The van der Waals surface area contributed by atoms with Crippen LogP contribution in [0.1, 0.15) is 26.2 Å². The first kappa shape index (κ1) is 8.05. The van der Waals surface area contributed by atoms with Gasteiger partial charge in [-0.1, -0.05) is 6.92 Å². The molecule has 2 N–H and O–H groups in total. The predicted octanol–water partition coefficient (Wildman–Crippen LogP) is 0.283. The summed E-state index contributed by atoms with van der Waals surface area (Å²) in [6.45, 7) is 2.18. The summed E-state index contributed by atoms with van der Waals surface area (Å²) in [7, 11) is 0. The molecule has 1 amide bonds. The molecule has 2 fully saturated rings. The maximum atomic E-state index is 11.4. The van der Waals surface area contributed by atoms with Crippen LogP contribution in [0.15, 0.2) is 0 Å². The molecule has 68 valence electrons. The summed E-state index contributed by atoms with van der Waals surface area (Å²) in [4.78, 5) is 11.4. The summed E-state index contributed by atoms with van der Waals surface area (Å²) >= 11 is 0. The monoisotopic (exact) mass is 169 g/mol. The lowest BCUT2D eigenvalue weighted by Gasteiger charge is -2.13. The Hall–Kier alpha value is -0.570. The van der Waals surface area contributed by atoms with E-state index in [4.69, 9.17) is 5.11 Å². The van der Waals surface area contributed by atoms with Crippen molar-refractivity contribution in [1.29, 1.82) is 0 Å². The fourth-order valence-corrected chi connectivity index (χ4v) is 1.52. The molecule has 0 bridgehead atoms. The van der Waals surface area contributed by atoms with Gasteiger partial charge in [-0.15, -0.1) is 0 Å². The molecular weight excluding hydrogens is 154 g/mol. The highest BCUT2D eigenvalue weighted by Crippen LogP contribution is 2.41. The van der Waals surface area contributed by atoms with Crippen LogP contribution in [0, 0.1) is 11.8 Å². The Morgan fingerprint density at radius 3 is 2.58 bits per heavy atom. The van der Waals surface area contributed by atoms with E-state index in [9.17, 15) is 4.79 Å². The Morgan fingerprint density at radius 1 is 1.67 bits per heavy atom. The highest BCUT2D eigenvalue weighted by Gasteiger charge is 2.47. The van der Waals surface area contributed by atoms with Gasteiger partial charge in [-0.05, 0) is 25.2 Å². The summed E-state index contributed by atoms with van der Waals surface area (Å²) in [6.07, 6.45) is 2.90. The maximum Gasteiger partial charge on any atom is 0.223 e. The first-order valence-electron chi connectivity index (χ1n) is 4.60. The van der Waals surface area contributed by atoms with Crippen molar-refractivity contribution >= 4 is 5.91 Å². The normalized spacial score (nSPS) is 35.8. The second-order valence-corrected chi connectivity index (χ2v) is 4.25. The van der Waals surface area contributed by atoms with E-state index < -0.39 is 0 Å². The van der Waals surface area contributed by atoms with Gasteiger partial charge in [0, 0.05) is 5.92 Å². The third kappa shape index (κ3) is 1.33. The molecule has 0 heterocycles. The lowest BCUT2D eigenvalue weighted by Crippen LogP contribution is -2.40. The van der Waals surface area contributed by atoms with Crippen LogP contribution in [-0.2, 0) is 4.79 Å². The van der Waals surface area contributed by atoms with Crippen LogP contribution in [0.25, 0.3) is 0 Å². The Balaban J connectivity index is 1.83. The van der Waals surface area contributed by atoms with Crippen molar-refractivity contribution in [3.05, 3.63) is 0 Å². The number of amides is 1. The van der Waals surface area contributed by atoms with Crippen molar-refractivity contribution in [2.75, 3.05) is 6.61 Å². The average Bonchev–Trinajstić information content (AvgIpc) is 2.89. The van der Waals surface area contributed by atoms with Crippen LogP contribution < -0.4 is 5.32 Å². The number of carbonyl (C=O) groups excluding carboxylic acids is 1.